The Labute approximate surface area is 75.4 Å². The van der Waals surface area contributed by atoms with E-state index < -0.39 is 0 Å². The summed E-state index contributed by atoms with van der Waals surface area (Å²) in [7, 11) is 0. The number of nitrogens with zero attached hydrogens (tertiary/aromatic N) is 1. The van der Waals surface area contributed by atoms with Crippen molar-refractivity contribution in [2.24, 2.45) is 5.73 Å². The maximum atomic E-state index is 5.63. The Morgan fingerprint density at radius 1 is 1.64 bits per heavy atom. The Hall–Kier alpha value is -0.670. The number of halogens is 1. The minimum atomic E-state index is 0.430. The second-order valence-corrected chi connectivity index (χ2v) is 3.01. The van der Waals surface area contributed by atoms with Gasteiger partial charge in [0.25, 0.3) is 0 Å². The summed E-state index contributed by atoms with van der Waals surface area (Å²) in [6.07, 6.45) is 0.510. The third-order valence-electron chi connectivity index (χ3n) is 1.13. The predicted octanol–water partition coefficient (Wildman–Crippen LogP) is 1.56. The molecule has 1 aromatic heterocycles. The van der Waals surface area contributed by atoms with Crippen molar-refractivity contribution >= 4 is 28.8 Å². The highest BCUT2D eigenvalue weighted by atomic mass is 35.5. The molecule has 11 heavy (non-hydrogen) atoms. The molecule has 4 heteroatoms. The van der Waals surface area contributed by atoms with Crippen LogP contribution in [0.25, 0.3) is 0 Å². The van der Waals surface area contributed by atoms with Crippen molar-refractivity contribution in [3.8, 4) is 0 Å². The van der Waals surface area contributed by atoms with Crippen LogP contribution in [-0.2, 0) is 6.42 Å². The number of hydrogen-bond donors (Lipinski definition) is 1. The van der Waals surface area contributed by atoms with E-state index >= 15 is 0 Å². The number of aromatic nitrogens is 1. The standard InChI is InChI=1S/C7H7ClN2S/c8-6-3-1-2-5(10-6)4-7(9)11/h1-3H,4H2,(H2,9,11). The summed E-state index contributed by atoms with van der Waals surface area (Å²) in [6, 6.07) is 5.37. The monoisotopic (exact) mass is 186 g/mol. The minimum Gasteiger partial charge on any atom is -0.393 e. The van der Waals surface area contributed by atoms with E-state index in [0.717, 1.165) is 5.69 Å². The molecule has 1 heterocycles. The molecule has 58 valence electrons. The van der Waals surface area contributed by atoms with Crippen molar-refractivity contribution in [2.45, 2.75) is 6.42 Å². The SMILES string of the molecule is NC(=S)Cc1cccc(Cl)n1. The van der Waals surface area contributed by atoms with E-state index in [9.17, 15) is 0 Å². The number of hydrogen-bond acceptors (Lipinski definition) is 2. The van der Waals surface area contributed by atoms with E-state index in [1.54, 1.807) is 6.07 Å². The van der Waals surface area contributed by atoms with Crippen LogP contribution < -0.4 is 5.73 Å². The molecule has 0 unspecified atom stereocenters. The fraction of sp³-hybridized carbons (Fsp3) is 0.143. The quantitative estimate of drug-likeness (QED) is 0.563. The van der Waals surface area contributed by atoms with Gasteiger partial charge < -0.3 is 5.73 Å². The molecule has 0 aliphatic heterocycles. The van der Waals surface area contributed by atoms with E-state index in [1.165, 1.54) is 0 Å². The van der Waals surface area contributed by atoms with Gasteiger partial charge in [0.2, 0.25) is 0 Å². The lowest BCUT2D eigenvalue weighted by atomic mass is 10.3. The van der Waals surface area contributed by atoms with Crippen LogP contribution in [0.5, 0.6) is 0 Å². The Bertz CT molecular complexity index is 275. The van der Waals surface area contributed by atoms with E-state index in [-0.39, 0.29) is 0 Å². The molecule has 0 aliphatic rings. The van der Waals surface area contributed by atoms with Crippen molar-refractivity contribution in [3.63, 3.8) is 0 Å². The second kappa shape index (κ2) is 3.64. The first-order valence-corrected chi connectivity index (χ1v) is 3.87. The molecule has 0 spiro atoms. The van der Waals surface area contributed by atoms with Gasteiger partial charge in [0.15, 0.2) is 0 Å². The molecule has 0 radical (unpaired) electrons. The molecule has 0 amide bonds. The lowest BCUT2D eigenvalue weighted by molar-refractivity contribution is 1.14. The molecule has 0 aromatic carbocycles. The molecule has 2 N–H and O–H groups in total. The highest BCUT2D eigenvalue weighted by molar-refractivity contribution is 7.80. The summed E-state index contributed by atoms with van der Waals surface area (Å²) in [5.41, 5.74) is 6.13. The number of nitrogens with two attached hydrogens (primary N) is 1. The molecule has 2 nitrogen and oxygen atoms in total. The average molecular weight is 187 g/mol. The van der Waals surface area contributed by atoms with Gasteiger partial charge in [-0.15, -0.1) is 0 Å². The Morgan fingerprint density at radius 2 is 2.36 bits per heavy atom. The van der Waals surface area contributed by atoms with Gasteiger partial charge in [-0.1, -0.05) is 29.9 Å². The molecule has 0 saturated heterocycles. The van der Waals surface area contributed by atoms with Gasteiger partial charge in [-0.05, 0) is 12.1 Å². The Kier molecular flexibility index (Phi) is 2.79. The van der Waals surface area contributed by atoms with E-state index in [1.807, 2.05) is 12.1 Å². The molecule has 1 aromatic rings. The van der Waals surface area contributed by atoms with Crippen LogP contribution in [0.15, 0.2) is 18.2 Å². The first kappa shape index (κ1) is 8.43. The first-order valence-electron chi connectivity index (χ1n) is 3.08. The van der Waals surface area contributed by atoms with Crippen LogP contribution in [0.3, 0.4) is 0 Å². The Balaban J connectivity index is 2.79. The molecule has 0 atom stereocenters. The zero-order chi connectivity index (χ0) is 8.27. The summed E-state index contributed by atoms with van der Waals surface area (Å²) < 4.78 is 0. The zero-order valence-corrected chi connectivity index (χ0v) is 7.32. The lowest BCUT2D eigenvalue weighted by Gasteiger charge is -1.97. The average Bonchev–Trinajstić information content (AvgIpc) is 1.85. The molecule has 0 fully saturated rings. The van der Waals surface area contributed by atoms with Crippen molar-refractivity contribution in [1.82, 2.24) is 4.98 Å². The summed E-state index contributed by atoms with van der Waals surface area (Å²) in [5, 5.41) is 0.471. The number of rotatable bonds is 2. The highest BCUT2D eigenvalue weighted by Crippen LogP contribution is 2.05. The van der Waals surface area contributed by atoms with Crippen LogP contribution >= 0.6 is 23.8 Å². The maximum absolute atomic E-state index is 5.63. The molecular formula is C7H7ClN2S. The van der Waals surface area contributed by atoms with Crippen LogP contribution in [-0.4, -0.2) is 9.97 Å². The van der Waals surface area contributed by atoms with Crippen LogP contribution in [0.1, 0.15) is 5.69 Å². The van der Waals surface area contributed by atoms with Gasteiger partial charge in [-0.2, -0.15) is 0 Å². The fourth-order valence-corrected chi connectivity index (χ4v) is 1.06. The minimum absolute atomic E-state index is 0.430. The van der Waals surface area contributed by atoms with Crippen molar-refractivity contribution in [3.05, 3.63) is 29.0 Å². The van der Waals surface area contributed by atoms with Crippen molar-refractivity contribution in [1.29, 1.82) is 0 Å². The van der Waals surface area contributed by atoms with Crippen molar-refractivity contribution in [2.75, 3.05) is 0 Å². The summed E-state index contributed by atoms with van der Waals surface area (Å²) >= 11 is 10.3. The molecular weight excluding hydrogens is 180 g/mol. The molecule has 0 aliphatic carbocycles. The van der Waals surface area contributed by atoms with E-state index in [0.29, 0.717) is 16.6 Å². The van der Waals surface area contributed by atoms with Gasteiger partial charge in [-0.25, -0.2) is 4.98 Å². The number of thiocarbonyl (C=S) groups is 1. The van der Waals surface area contributed by atoms with Gasteiger partial charge in [0.05, 0.1) is 4.99 Å². The lowest BCUT2D eigenvalue weighted by Crippen LogP contribution is -2.11. The van der Waals surface area contributed by atoms with Crippen LogP contribution in [0, 0.1) is 0 Å². The normalized spacial score (nSPS) is 9.55. The summed E-state index contributed by atoms with van der Waals surface area (Å²) in [4.78, 5) is 4.44. The smallest absolute Gasteiger partial charge is 0.129 e. The van der Waals surface area contributed by atoms with Gasteiger partial charge in [0, 0.05) is 12.1 Å². The van der Waals surface area contributed by atoms with Gasteiger partial charge >= 0.3 is 0 Å². The highest BCUT2D eigenvalue weighted by Gasteiger charge is 1.96. The largest absolute Gasteiger partial charge is 0.393 e. The predicted molar refractivity (Wildman–Crippen MR) is 49.7 cm³/mol. The first-order chi connectivity index (χ1) is 5.18. The molecule has 0 bridgehead atoms. The second-order valence-electron chi connectivity index (χ2n) is 2.09. The topological polar surface area (TPSA) is 38.9 Å². The summed E-state index contributed by atoms with van der Waals surface area (Å²) in [5.74, 6) is 0. The molecule has 0 saturated carbocycles. The third kappa shape index (κ3) is 2.82. The van der Waals surface area contributed by atoms with E-state index in [2.05, 4.69) is 4.98 Å². The van der Waals surface area contributed by atoms with Crippen LogP contribution in [0.4, 0.5) is 0 Å². The van der Waals surface area contributed by atoms with Crippen molar-refractivity contribution < 1.29 is 0 Å². The summed E-state index contributed by atoms with van der Waals surface area (Å²) in [6.45, 7) is 0. The fourth-order valence-electron chi connectivity index (χ4n) is 0.727. The van der Waals surface area contributed by atoms with Gasteiger partial charge in [0.1, 0.15) is 5.15 Å². The maximum Gasteiger partial charge on any atom is 0.129 e. The zero-order valence-electron chi connectivity index (χ0n) is 5.75. The molecule has 1 rings (SSSR count). The Morgan fingerprint density at radius 3 is 2.91 bits per heavy atom. The van der Waals surface area contributed by atoms with Crippen LogP contribution in [0.2, 0.25) is 5.15 Å². The third-order valence-corrected chi connectivity index (χ3v) is 1.48. The van der Waals surface area contributed by atoms with E-state index in [4.69, 9.17) is 29.6 Å². The number of pyridine rings is 1. The van der Waals surface area contributed by atoms with Gasteiger partial charge in [-0.3, -0.25) is 0 Å².